The van der Waals surface area contributed by atoms with Crippen molar-refractivity contribution >= 4 is 27.7 Å². The maximum absolute atomic E-state index is 5.95. The monoisotopic (exact) mass is 474 g/mol. The highest BCUT2D eigenvalue weighted by Gasteiger charge is 2.24. The Morgan fingerprint density at radius 2 is 1.13 bits per heavy atom. The van der Waals surface area contributed by atoms with Crippen LogP contribution in [0.15, 0.2) is 93.3 Å². The van der Waals surface area contributed by atoms with E-state index in [0.29, 0.717) is 25.0 Å². The molecule has 0 saturated carbocycles. The zero-order chi connectivity index (χ0) is 21.0. The average Bonchev–Trinajstić information content (AvgIpc) is 3.45. The van der Waals surface area contributed by atoms with Gasteiger partial charge in [0.05, 0.1) is 12.1 Å². The normalized spacial score (nSPS) is 20.0. The van der Waals surface area contributed by atoms with Gasteiger partial charge in [-0.05, 0) is 42.2 Å². The highest BCUT2D eigenvalue weighted by Crippen LogP contribution is 2.24. The van der Waals surface area contributed by atoms with Crippen molar-refractivity contribution in [1.29, 1.82) is 0 Å². The van der Waals surface area contributed by atoms with E-state index < -0.39 is 0 Å². The van der Waals surface area contributed by atoms with Gasteiger partial charge in [0.2, 0.25) is 11.8 Å². The summed E-state index contributed by atoms with van der Waals surface area (Å²) in [6, 6.07) is 27.2. The smallest absolute Gasteiger partial charge is 0.216 e. The van der Waals surface area contributed by atoms with Crippen LogP contribution in [0.25, 0.3) is 0 Å². The molecule has 0 spiro atoms. The third-order valence-electron chi connectivity index (χ3n) is 5.44. The lowest BCUT2D eigenvalue weighted by Crippen LogP contribution is -2.10. The van der Waals surface area contributed by atoms with Gasteiger partial charge in [-0.1, -0.05) is 76.6 Å². The van der Waals surface area contributed by atoms with E-state index in [9.17, 15) is 0 Å². The molecule has 0 aliphatic carbocycles. The summed E-state index contributed by atoms with van der Waals surface area (Å²) in [5, 5.41) is 0. The van der Waals surface area contributed by atoms with Gasteiger partial charge in [-0.25, -0.2) is 9.98 Å². The van der Waals surface area contributed by atoms with E-state index in [4.69, 9.17) is 19.5 Å². The molecule has 0 bridgehead atoms. The quantitative estimate of drug-likeness (QED) is 0.491. The maximum atomic E-state index is 5.95. The van der Waals surface area contributed by atoms with Gasteiger partial charge in [-0.15, -0.1) is 0 Å². The van der Waals surface area contributed by atoms with Crippen LogP contribution in [-0.4, -0.2) is 37.1 Å². The van der Waals surface area contributed by atoms with E-state index in [-0.39, 0.29) is 12.1 Å². The zero-order valence-corrected chi connectivity index (χ0v) is 18.7. The summed E-state index contributed by atoms with van der Waals surface area (Å²) in [5.74, 6) is 1.37. The first kappa shape index (κ1) is 20.0. The van der Waals surface area contributed by atoms with E-state index in [0.717, 1.165) is 28.4 Å². The summed E-state index contributed by atoms with van der Waals surface area (Å²) in [6.07, 6.45) is 1.75. The van der Waals surface area contributed by atoms with E-state index in [2.05, 4.69) is 70.5 Å². The number of ether oxygens (including phenoxy) is 2. The number of hydrogen-bond acceptors (Lipinski definition) is 4. The summed E-state index contributed by atoms with van der Waals surface area (Å²) in [4.78, 5) is 9.65. The van der Waals surface area contributed by atoms with Gasteiger partial charge >= 0.3 is 0 Å². The van der Waals surface area contributed by atoms with Crippen molar-refractivity contribution in [1.82, 2.24) is 0 Å². The lowest BCUT2D eigenvalue weighted by molar-refractivity contribution is 0.316. The number of nitrogens with zero attached hydrogens (tertiary/aromatic N) is 2. The SMILES string of the molecule is Brc1cc(C2=N[C@@H](Cc3ccccc3)CO2)cc(C2=N[C@@H](Cc3ccccc3)CO2)c1. The van der Waals surface area contributed by atoms with Gasteiger partial charge < -0.3 is 9.47 Å². The summed E-state index contributed by atoms with van der Waals surface area (Å²) in [6.45, 7) is 1.20. The number of hydrogen-bond donors (Lipinski definition) is 0. The van der Waals surface area contributed by atoms with Crippen molar-refractivity contribution < 1.29 is 9.47 Å². The fourth-order valence-electron chi connectivity index (χ4n) is 3.96. The zero-order valence-electron chi connectivity index (χ0n) is 17.1. The Labute approximate surface area is 190 Å². The Morgan fingerprint density at radius 3 is 1.58 bits per heavy atom. The van der Waals surface area contributed by atoms with Crippen molar-refractivity contribution in [3.63, 3.8) is 0 Å². The molecule has 0 N–H and O–H groups in total. The number of benzene rings is 3. The minimum atomic E-state index is 0.134. The molecule has 2 aliphatic rings. The highest BCUT2D eigenvalue weighted by atomic mass is 79.9. The van der Waals surface area contributed by atoms with Gasteiger partial charge in [0.25, 0.3) is 0 Å². The number of halogens is 1. The second-order valence-electron chi connectivity index (χ2n) is 7.91. The second-order valence-corrected chi connectivity index (χ2v) is 8.82. The molecule has 0 saturated heterocycles. The first-order valence-electron chi connectivity index (χ1n) is 10.5. The fourth-order valence-corrected chi connectivity index (χ4v) is 4.46. The second kappa shape index (κ2) is 9.06. The molecule has 156 valence electrons. The molecule has 2 atom stereocenters. The Hall–Kier alpha value is -2.92. The van der Waals surface area contributed by atoms with Crippen LogP contribution < -0.4 is 0 Å². The Bertz CT molecular complexity index is 1030. The largest absolute Gasteiger partial charge is 0.475 e. The highest BCUT2D eigenvalue weighted by molar-refractivity contribution is 9.10. The topological polar surface area (TPSA) is 43.2 Å². The summed E-state index contributed by atoms with van der Waals surface area (Å²) < 4.78 is 12.8. The molecule has 0 aromatic heterocycles. The van der Waals surface area contributed by atoms with Crippen molar-refractivity contribution in [2.24, 2.45) is 9.98 Å². The predicted octanol–water partition coefficient (Wildman–Crippen LogP) is 5.23. The van der Waals surface area contributed by atoms with Crippen molar-refractivity contribution in [3.05, 3.63) is 106 Å². The molecular formula is C26H23BrN2O2. The Balaban J connectivity index is 1.33. The molecule has 0 radical (unpaired) electrons. The van der Waals surface area contributed by atoms with Crippen LogP contribution in [0.1, 0.15) is 22.3 Å². The molecule has 31 heavy (non-hydrogen) atoms. The molecule has 0 fully saturated rings. The van der Waals surface area contributed by atoms with Crippen LogP contribution in [0.2, 0.25) is 0 Å². The lowest BCUT2D eigenvalue weighted by atomic mass is 10.1. The van der Waals surface area contributed by atoms with Crippen LogP contribution in [0.5, 0.6) is 0 Å². The van der Waals surface area contributed by atoms with Crippen LogP contribution in [0, 0.1) is 0 Å². The summed E-state index contributed by atoms with van der Waals surface area (Å²) in [5.41, 5.74) is 4.43. The van der Waals surface area contributed by atoms with Gasteiger partial charge in [0.15, 0.2) is 0 Å². The summed E-state index contributed by atoms with van der Waals surface area (Å²) in [7, 11) is 0. The molecule has 5 rings (SSSR count). The van der Waals surface area contributed by atoms with Crippen LogP contribution in [0.3, 0.4) is 0 Å². The van der Waals surface area contributed by atoms with E-state index in [1.807, 2.05) is 24.3 Å². The number of aliphatic imine (C=N–C) groups is 2. The van der Waals surface area contributed by atoms with E-state index >= 15 is 0 Å². The van der Waals surface area contributed by atoms with E-state index in [1.54, 1.807) is 0 Å². The molecule has 3 aromatic rings. The van der Waals surface area contributed by atoms with Crippen LogP contribution in [0.4, 0.5) is 0 Å². The summed E-state index contributed by atoms with van der Waals surface area (Å²) >= 11 is 3.62. The minimum absolute atomic E-state index is 0.134. The first-order chi connectivity index (χ1) is 15.2. The van der Waals surface area contributed by atoms with E-state index in [1.165, 1.54) is 11.1 Å². The standard InChI is InChI=1S/C26H23BrN2O2/c27-22-14-20(25-28-23(16-30-25)11-18-7-3-1-4-8-18)13-21(15-22)26-29-24(17-31-26)12-19-9-5-2-6-10-19/h1-10,13-15,23-24H,11-12,16-17H2/t23-,24-/m0/s1. The van der Waals surface area contributed by atoms with Crippen molar-refractivity contribution in [2.45, 2.75) is 24.9 Å². The fraction of sp³-hybridized carbons (Fsp3) is 0.231. The van der Waals surface area contributed by atoms with Crippen molar-refractivity contribution in [3.8, 4) is 0 Å². The molecule has 5 heteroatoms. The Morgan fingerprint density at radius 1 is 0.677 bits per heavy atom. The van der Waals surface area contributed by atoms with Crippen LogP contribution >= 0.6 is 15.9 Å². The average molecular weight is 475 g/mol. The van der Waals surface area contributed by atoms with Crippen LogP contribution in [-0.2, 0) is 22.3 Å². The molecule has 4 nitrogen and oxygen atoms in total. The molecule has 3 aromatic carbocycles. The maximum Gasteiger partial charge on any atom is 0.216 e. The molecule has 2 heterocycles. The minimum Gasteiger partial charge on any atom is -0.475 e. The Kier molecular flexibility index (Phi) is 5.85. The molecular weight excluding hydrogens is 452 g/mol. The molecule has 0 unspecified atom stereocenters. The first-order valence-corrected chi connectivity index (χ1v) is 11.3. The predicted molar refractivity (Wildman–Crippen MR) is 127 cm³/mol. The molecule has 2 aliphatic heterocycles. The van der Waals surface area contributed by atoms with Gasteiger partial charge in [-0.3, -0.25) is 0 Å². The third kappa shape index (κ3) is 4.88. The molecule has 0 amide bonds. The van der Waals surface area contributed by atoms with Gasteiger partial charge in [0, 0.05) is 15.6 Å². The van der Waals surface area contributed by atoms with Gasteiger partial charge in [0.1, 0.15) is 13.2 Å². The number of rotatable bonds is 6. The lowest BCUT2D eigenvalue weighted by Gasteiger charge is -2.07. The third-order valence-corrected chi connectivity index (χ3v) is 5.90. The van der Waals surface area contributed by atoms with Crippen molar-refractivity contribution in [2.75, 3.05) is 13.2 Å². The van der Waals surface area contributed by atoms with Gasteiger partial charge in [-0.2, -0.15) is 0 Å².